The van der Waals surface area contributed by atoms with Crippen LogP contribution in [-0.4, -0.2) is 26.0 Å². The van der Waals surface area contributed by atoms with Crippen molar-refractivity contribution in [3.8, 4) is 0 Å². The lowest BCUT2D eigenvalue weighted by Gasteiger charge is -2.27. The number of nitrogens with two attached hydrogens (primary N) is 1. The molecule has 0 fully saturated rings. The van der Waals surface area contributed by atoms with E-state index >= 15 is 0 Å². The summed E-state index contributed by atoms with van der Waals surface area (Å²) < 4.78 is 0. The van der Waals surface area contributed by atoms with Gasteiger partial charge in [-0.15, -0.1) is 17.0 Å². The summed E-state index contributed by atoms with van der Waals surface area (Å²) >= 11 is 0. The van der Waals surface area contributed by atoms with E-state index in [1.165, 1.54) is 12.1 Å². The van der Waals surface area contributed by atoms with Gasteiger partial charge >= 0.3 is 11.1 Å². The van der Waals surface area contributed by atoms with Crippen molar-refractivity contribution in [3.63, 3.8) is 0 Å². The van der Waals surface area contributed by atoms with E-state index in [4.69, 9.17) is 5.73 Å². The van der Waals surface area contributed by atoms with Gasteiger partial charge in [0.15, 0.2) is 0 Å². The lowest BCUT2D eigenvalue weighted by atomic mass is 10.1. The van der Waals surface area contributed by atoms with E-state index in [-0.39, 0.29) is 40.9 Å². The van der Waals surface area contributed by atoms with Crippen molar-refractivity contribution in [2.45, 2.75) is 12.7 Å². The predicted octanol–water partition coefficient (Wildman–Crippen LogP) is 0.873. The Morgan fingerprint density at radius 1 is 1.21 bits per heavy atom. The molecule has 0 bridgehead atoms. The minimum absolute atomic E-state index is 0. The van der Waals surface area contributed by atoms with Gasteiger partial charge in [-0.25, -0.2) is 0 Å². The van der Waals surface area contributed by atoms with Crippen LogP contribution in [0.3, 0.4) is 0 Å². The van der Waals surface area contributed by atoms with Gasteiger partial charge in [-0.1, -0.05) is 6.08 Å². The molecule has 4 N–H and O–H groups in total. The first-order valence-electron chi connectivity index (χ1n) is 6.75. The van der Waals surface area contributed by atoms with Gasteiger partial charge in [-0.2, -0.15) is 0 Å². The van der Waals surface area contributed by atoms with Gasteiger partial charge in [0.1, 0.15) is 0 Å². The second-order valence-electron chi connectivity index (χ2n) is 5.08. The summed E-state index contributed by atoms with van der Waals surface area (Å²) in [5.74, 6) is 0. The largest absolute Gasteiger partial charge is 0.355 e. The second-order valence-corrected chi connectivity index (χ2v) is 5.08. The summed E-state index contributed by atoms with van der Waals surface area (Å²) in [6.45, 7) is 0.238. The summed E-state index contributed by atoms with van der Waals surface area (Å²) in [6.07, 6.45) is 6.71. The van der Waals surface area contributed by atoms with Gasteiger partial charge in [-0.3, -0.25) is 19.7 Å². The van der Waals surface area contributed by atoms with Crippen LogP contribution in [0.2, 0.25) is 0 Å². The lowest BCUT2D eigenvalue weighted by molar-refractivity contribution is -0.384. The van der Waals surface area contributed by atoms with Crippen molar-refractivity contribution in [2.75, 3.05) is 0 Å². The molecule has 0 radical (unpaired) electrons. The van der Waals surface area contributed by atoms with Crippen LogP contribution in [0.5, 0.6) is 0 Å². The number of nitro groups is 1. The van der Waals surface area contributed by atoms with Crippen LogP contribution in [0.25, 0.3) is 11.0 Å². The van der Waals surface area contributed by atoms with Crippen LogP contribution in [0.4, 0.5) is 5.69 Å². The fraction of sp³-hybridized carbons (Fsp3) is 0.143. The molecule has 0 amide bonds. The topological polar surface area (TPSA) is 138 Å². The molecule has 126 valence electrons. The zero-order chi connectivity index (χ0) is 16.6. The second kappa shape index (κ2) is 6.81. The average Bonchev–Trinajstić information content (AvgIpc) is 2.51. The highest BCUT2D eigenvalue weighted by atomic mass is 79.9. The number of allylic oxidation sites excluding steroid dienone is 2. The molecular weight excluding hydrogens is 382 g/mol. The van der Waals surface area contributed by atoms with E-state index in [0.29, 0.717) is 11.1 Å². The van der Waals surface area contributed by atoms with Gasteiger partial charge in [-0.05, 0) is 12.2 Å². The molecule has 1 aromatic heterocycles. The summed E-state index contributed by atoms with van der Waals surface area (Å²) in [6, 6.07) is 2.57. The molecule has 1 atom stereocenters. The monoisotopic (exact) mass is 395 g/mol. The Morgan fingerprint density at radius 3 is 2.58 bits per heavy atom. The quantitative estimate of drug-likeness (QED) is 0.400. The minimum atomic E-state index is -0.860. The standard InChI is InChI=1S/C14H13N5O4.BrH/c15-11-3-1-2-4-18(11)7-8-5-9(19(22)23)6-10-12(8)17-14(21)13(20)16-10;/h1-6,11H,7,15H2,(H,16,20)(H,17,21);1H. The maximum atomic E-state index is 11.6. The van der Waals surface area contributed by atoms with Crippen molar-refractivity contribution < 1.29 is 4.92 Å². The third-order valence-electron chi connectivity index (χ3n) is 3.54. The van der Waals surface area contributed by atoms with Gasteiger partial charge < -0.3 is 20.6 Å². The third kappa shape index (κ3) is 3.29. The Labute approximate surface area is 145 Å². The Hall–Kier alpha value is -2.72. The summed E-state index contributed by atoms with van der Waals surface area (Å²) in [7, 11) is 0. The Morgan fingerprint density at radius 2 is 1.92 bits per heavy atom. The Balaban J connectivity index is 0.00000208. The number of benzene rings is 1. The molecule has 0 spiro atoms. The molecule has 1 aliphatic rings. The number of non-ortho nitro benzene ring substituents is 1. The van der Waals surface area contributed by atoms with Gasteiger partial charge in [0.2, 0.25) is 0 Å². The van der Waals surface area contributed by atoms with Crippen LogP contribution >= 0.6 is 17.0 Å². The number of fused-ring (bicyclic) bond motifs is 1. The van der Waals surface area contributed by atoms with E-state index in [2.05, 4.69) is 9.97 Å². The molecule has 2 aromatic rings. The number of halogens is 1. The van der Waals surface area contributed by atoms with Crippen molar-refractivity contribution in [1.82, 2.24) is 14.9 Å². The highest BCUT2D eigenvalue weighted by Crippen LogP contribution is 2.23. The number of nitrogens with one attached hydrogen (secondary N) is 2. The van der Waals surface area contributed by atoms with Crippen LogP contribution in [0.1, 0.15) is 5.56 Å². The normalized spacial score (nSPS) is 16.2. The number of aromatic amines is 2. The highest BCUT2D eigenvalue weighted by molar-refractivity contribution is 8.93. The fourth-order valence-corrected chi connectivity index (χ4v) is 2.41. The number of hydrogen-bond donors (Lipinski definition) is 3. The zero-order valence-electron chi connectivity index (χ0n) is 12.3. The zero-order valence-corrected chi connectivity index (χ0v) is 14.0. The molecule has 1 aliphatic heterocycles. The molecule has 2 heterocycles. The van der Waals surface area contributed by atoms with Gasteiger partial charge in [0.05, 0.1) is 22.1 Å². The minimum Gasteiger partial charge on any atom is -0.355 e. The lowest BCUT2D eigenvalue weighted by Crippen LogP contribution is -2.37. The first-order chi connectivity index (χ1) is 11.0. The number of aromatic nitrogens is 2. The molecule has 24 heavy (non-hydrogen) atoms. The maximum Gasteiger partial charge on any atom is 0.314 e. The van der Waals surface area contributed by atoms with Crippen LogP contribution < -0.4 is 16.9 Å². The molecule has 0 saturated heterocycles. The van der Waals surface area contributed by atoms with Crippen LogP contribution in [0.15, 0.2) is 46.1 Å². The van der Waals surface area contributed by atoms with Gasteiger partial charge in [0, 0.05) is 30.4 Å². The molecule has 0 aliphatic carbocycles. The molecule has 1 aromatic carbocycles. The smallest absolute Gasteiger partial charge is 0.314 e. The number of hydrogen-bond acceptors (Lipinski definition) is 6. The average molecular weight is 396 g/mol. The van der Waals surface area contributed by atoms with Crippen molar-refractivity contribution in [2.24, 2.45) is 5.73 Å². The first-order valence-corrected chi connectivity index (χ1v) is 6.75. The molecular formula is C14H14BrN5O4. The molecule has 1 unspecified atom stereocenters. The van der Waals surface area contributed by atoms with E-state index in [1.807, 2.05) is 0 Å². The van der Waals surface area contributed by atoms with Crippen LogP contribution in [-0.2, 0) is 6.54 Å². The summed E-state index contributed by atoms with van der Waals surface area (Å²) in [5.41, 5.74) is 5.12. The maximum absolute atomic E-state index is 11.6. The number of nitro benzene ring substituents is 1. The highest BCUT2D eigenvalue weighted by Gasteiger charge is 2.17. The predicted molar refractivity (Wildman–Crippen MR) is 94.0 cm³/mol. The molecule has 9 nitrogen and oxygen atoms in total. The SMILES string of the molecule is Br.NC1C=CC=CN1Cc1cc([N+](=O)[O-])cc2[nH]c(=O)c(=O)[nH]c12. The molecule has 3 rings (SSSR count). The van der Waals surface area contributed by atoms with E-state index in [0.717, 1.165) is 0 Å². The molecule has 0 saturated carbocycles. The van der Waals surface area contributed by atoms with E-state index in [9.17, 15) is 19.7 Å². The number of nitrogens with zero attached hydrogens (tertiary/aromatic N) is 2. The van der Waals surface area contributed by atoms with E-state index in [1.54, 1.807) is 29.3 Å². The first kappa shape index (κ1) is 17.6. The van der Waals surface area contributed by atoms with Crippen molar-refractivity contribution in [3.05, 3.63) is 72.9 Å². The summed E-state index contributed by atoms with van der Waals surface area (Å²) in [5, 5.41) is 11.1. The number of H-pyrrole nitrogens is 2. The van der Waals surface area contributed by atoms with Gasteiger partial charge in [0.25, 0.3) is 5.69 Å². The summed E-state index contributed by atoms with van der Waals surface area (Å²) in [4.78, 5) is 40.1. The van der Waals surface area contributed by atoms with Crippen LogP contribution in [0, 0.1) is 10.1 Å². The van der Waals surface area contributed by atoms with Crippen molar-refractivity contribution in [1.29, 1.82) is 0 Å². The Bertz CT molecular complexity index is 962. The molecule has 10 heteroatoms. The third-order valence-corrected chi connectivity index (χ3v) is 3.54. The Kier molecular flexibility index (Phi) is 5.00. The fourth-order valence-electron chi connectivity index (χ4n) is 2.41. The van der Waals surface area contributed by atoms with E-state index < -0.39 is 16.0 Å². The number of rotatable bonds is 3. The van der Waals surface area contributed by atoms with Crippen molar-refractivity contribution >= 4 is 33.7 Å².